The second-order valence-corrected chi connectivity index (χ2v) is 12.1. The lowest BCUT2D eigenvalue weighted by molar-refractivity contribution is -0.142. The molecule has 1 saturated heterocycles. The van der Waals surface area contributed by atoms with Crippen molar-refractivity contribution in [3.05, 3.63) is 23.7 Å². The van der Waals surface area contributed by atoms with Crippen molar-refractivity contribution in [1.29, 1.82) is 0 Å². The van der Waals surface area contributed by atoms with Crippen LogP contribution in [0, 0.1) is 11.8 Å². The Balaban J connectivity index is 1.23. The highest BCUT2D eigenvalue weighted by atomic mass is 32.2. The van der Waals surface area contributed by atoms with Crippen molar-refractivity contribution in [3.63, 3.8) is 0 Å². The molecule has 184 valence electrons. The molecule has 12 nitrogen and oxygen atoms in total. The van der Waals surface area contributed by atoms with Gasteiger partial charge in [-0.05, 0) is 59.2 Å². The second kappa shape index (κ2) is 8.15. The van der Waals surface area contributed by atoms with Crippen LogP contribution in [0.4, 0.5) is 5.82 Å². The van der Waals surface area contributed by atoms with Crippen LogP contribution < -0.4 is 5.32 Å². The lowest BCUT2D eigenvalue weighted by Crippen LogP contribution is -2.46. The maximum atomic E-state index is 13.3. The molecule has 2 N–H and O–H groups in total. The quantitative estimate of drug-likeness (QED) is 0.596. The molecule has 2 aromatic heterocycles. The highest BCUT2D eigenvalue weighted by Crippen LogP contribution is 2.43. The number of amides is 2. The highest BCUT2D eigenvalue weighted by Gasteiger charge is 2.50. The zero-order valence-electron chi connectivity index (χ0n) is 19.6. The Morgan fingerprint density at radius 2 is 2.00 bits per heavy atom. The number of rotatable bonds is 6. The summed E-state index contributed by atoms with van der Waals surface area (Å²) >= 11 is 0. The van der Waals surface area contributed by atoms with E-state index in [1.807, 2.05) is 18.7 Å². The minimum absolute atomic E-state index is 0.00390. The summed E-state index contributed by atoms with van der Waals surface area (Å²) in [5, 5.41) is 16.6. The molecule has 1 saturated carbocycles. The molecule has 0 bridgehead atoms. The van der Waals surface area contributed by atoms with Crippen molar-refractivity contribution in [1.82, 2.24) is 34.4 Å². The monoisotopic (exact) mass is 490 g/mol. The van der Waals surface area contributed by atoms with Crippen molar-refractivity contribution in [2.75, 3.05) is 25.5 Å². The summed E-state index contributed by atoms with van der Waals surface area (Å²) in [7, 11) is -1.57. The van der Waals surface area contributed by atoms with E-state index in [9.17, 15) is 18.0 Å². The number of anilines is 1. The van der Waals surface area contributed by atoms with Gasteiger partial charge in [0.2, 0.25) is 11.8 Å². The van der Waals surface area contributed by atoms with Crippen molar-refractivity contribution >= 4 is 27.7 Å². The van der Waals surface area contributed by atoms with Crippen molar-refractivity contribution < 1.29 is 18.0 Å². The van der Waals surface area contributed by atoms with Crippen LogP contribution in [-0.2, 0) is 31.7 Å². The zero-order chi connectivity index (χ0) is 24.3. The Morgan fingerprint density at radius 3 is 2.68 bits per heavy atom. The third-order valence-electron chi connectivity index (χ3n) is 7.41. The summed E-state index contributed by atoms with van der Waals surface area (Å²) in [6, 6.07) is 0. The molecule has 0 aromatic carbocycles. The van der Waals surface area contributed by atoms with E-state index in [0.29, 0.717) is 18.8 Å². The van der Waals surface area contributed by atoms with Gasteiger partial charge in [0.15, 0.2) is 5.82 Å². The van der Waals surface area contributed by atoms with Crippen LogP contribution in [0.5, 0.6) is 0 Å². The fourth-order valence-electron chi connectivity index (χ4n) is 5.14. The van der Waals surface area contributed by atoms with Gasteiger partial charge in [0, 0.05) is 17.9 Å². The van der Waals surface area contributed by atoms with E-state index in [2.05, 4.69) is 37.8 Å². The third kappa shape index (κ3) is 3.90. The Kier molecular flexibility index (Phi) is 5.51. The molecule has 2 unspecified atom stereocenters. The molecule has 34 heavy (non-hydrogen) atoms. The number of nitrogens with zero attached hydrogens (tertiary/aromatic N) is 6. The number of carbonyl (C=O) groups is 2. The summed E-state index contributed by atoms with van der Waals surface area (Å²) in [4.78, 5) is 30.1. The summed E-state index contributed by atoms with van der Waals surface area (Å²) in [6.07, 6.45) is 4.76. The second-order valence-electron chi connectivity index (χ2n) is 10.1. The first-order valence-corrected chi connectivity index (χ1v) is 13.1. The van der Waals surface area contributed by atoms with E-state index >= 15 is 0 Å². The standard InChI is InChI=1S/C21H30N8O4S/c1-21(2)18-15(12-28(21)20(31)13-4-7-27(3)8-5-13)19(25-24-18)23-17(30)11-14-10-16(14)34(32,33)29-9-6-22-26-29/h6,9,13-14,16H,4-5,7-8,10-12H2,1-3H3,(H2,23,24,25,30). The number of nitrogens with one attached hydrogen (secondary N) is 2. The van der Waals surface area contributed by atoms with Crippen LogP contribution in [0.25, 0.3) is 0 Å². The predicted molar refractivity (Wildman–Crippen MR) is 122 cm³/mol. The van der Waals surface area contributed by atoms with E-state index in [0.717, 1.165) is 41.3 Å². The number of piperidine rings is 1. The first-order chi connectivity index (χ1) is 16.1. The summed E-state index contributed by atoms with van der Waals surface area (Å²) in [5.41, 5.74) is 1.07. The predicted octanol–water partition coefficient (Wildman–Crippen LogP) is 0.516. The fraction of sp³-hybridized carbons (Fsp3) is 0.667. The lowest BCUT2D eigenvalue weighted by Gasteiger charge is -2.37. The van der Waals surface area contributed by atoms with Gasteiger partial charge in [0.25, 0.3) is 10.0 Å². The molecule has 2 fully saturated rings. The largest absolute Gasteiger partial charge is 0.327 e. The van der Waals surface area contributed by atoms with Crippen LogP contribution in [0.15, 0.2) is 12.4 Å². The Bertz CT molecular complexity index is 1200. The average Bonchev–Trinajstić information content (AvgIpc) is 3.13. The van der Waals surface area contributed by atoms with Crippen LogP contribution in [0.2, 0.25) is 0 Å². The van der Waals surface area contributed by atoms with Gasteiger partial charge in [-0.3, -0.25) is 14.7 Å². The fourth-order valence-corrected chi connectivity index (χ4v) is 6.86. The van der Waals surface area contributed by atoms with E-state index in [1.54, 1.807) is 0 Å². The number of likely N-dealkylation sites (tertiary alicyclic amines) is 1. The number of fused-ring (bicyclic) bond motifs is 1. The van der Waals surface area contributed by atoms with E-state index < -0.39 is 20.8 Å². The Hall–Kier alpha value is -2.80. The molecule has 0 spiro atoms. The highest BCUT2D eigenvalue weighted by molar-refractivity contribution is 7.90. The van der Waals surface area contributed by atoms with Gasteiger partial charge in [-0.15, -0.1) is 9.19 Å². The van der Waals surface area contributed by atoms with Crippen molar-refractivity contribution in [2.24, 2.45) is 11.8 Å². The van der Waals surface area contributed by atoms with Gasteiger partial charge in [0.05, 0.1) is 35.4 Å². The minimum atomic E-state index is -3.64. The Morgan fingerprint density at radius 1 is 1.26 bits per heavy atom. The molecular weight excluding hydrogens is 460 g/mol. The summed E-state index contributed by atoms with van der Waals surface area (Å²) < 4.78 is 25.9. The molecular formula is C21H30N8O4S. The lowest BCUT2D eigenvalue weighted by atomic mass is 9.93. The first kappa shape index (κ1) is 23.0. The molecule has 13 heteroatoms. The number of H-pyrrole nitrogens is 1. The van der Waals surface area contributed by atoms with Crippen LogP contribution in [-0.4, -0.2) is 80.0 Å². The zero-order valence-corrected chi connectivity index (χ0v) is 20.4. The number of hydrogen-bond donors (Lipinski definition) is 2. The topological polar surface area (TPSA) is 146 Å². The third-order valence-corrected chi connectivity index (χ3v) is 9.47. The molecule has 1 aliphatic carbocycles. The molecule has 2 amide bonds. The smallest absolute Gasteiger partial charge is 0.258 e. The number of hydrogen-bond acceptors (Lipinski definition) is 8. The molecule has 3 aliphatic rings. The van der Waals surface area contributed by atoms with Crippen LogP contribution in [0.1, 0.15) is 50.8 Å². The van der Waals surface area contributed by atoms with Gasteiger partial charge < -0.3 is 15.1 Å². The van der Waals surface area contributed by atoms with Crippen molar-refractivity contribution in [2.45, 2.75) is 56.9 Å². The van der Waals surface area contributed by atoms with Crippen molar-refractivity contribution in [3.8, 4) is 0 Å². The average molecular weight is 491 g/mol. The SMILES string of the molecule is CN1CCC(C(=O)N2Cc3c(NC(=O)CC4CC4S(=O)(=O)n4ccnn4)n[nH]c3C2(C)C)CC1. The summed E-state index contributed by atoms with van der Waals surface area (Å²) in [5.74, 6) is -0.0277. The normalized spacial score (nSPS) is 24.7. The first-order valence-electron chi connectivity index (χ1n) is 11.6. The molecule has 2 atom stereocenters. The maximum Gasteiger partial charge on any atom is 0.258 e. The van der Waals surface area contributed by atoms with E-state index in [-0.39, 0.29) is 30.1 Å². The molecule has 2 aliphatic heterocycles. The van der Waals surface area contributed by atoms with Crippen LogP contribution >= 0.6 is 0 Å². The van der Waals surface area contributed by atoms with Gasteiger partial charge in [-0.2, -0.15) is 5.10 Å². The molecule has 5 rings (SSSR count). The van der Waals surface area contributed by atoms with Gasteiger partial charge >= 0.3 is 0 Å². The molecule has 0 radical (unpaired) electrons. The maximum absolute atomic E-state index is 13.3. The minimum Gasteiger partial charge on any atom is -0.327 e. The van der Waals surface area contributed by atoms with Gasteiger partial charge in [-0.25, -0.2) is 8.42 Å². The van der Waals surface area contributed by atoms with Crippen LogP contribution in [0.3, 0.4) is 0 Å². The van der Waals surface area contributed by atoms with Gasteiger partial charge in [-0.1, -0.05) is 5.21 Å². The van der Waals surface area contributed by atoms with E-state index in [1.165, 1.54) is 12.4 Å². The number of aromatic nitrogens is 5. The van der Waals surface area contributed by atoms with Gasteiger partial charge in [0.1, 0.15) is 0 Å². The number of carbonyl (C=O) groups excluding carboxylic acids is 2. The summed E-state index contributed by atoms with van der Waals surface area (Å²) in [6.45, 7) is 6.17. The number of aromatic amines is 1. The molecule has 2 aromatic rings. The molecule has 4 heterocycles. The van der Waals surface area contributed by atoms with E-state index in [4.69, 9.17) is 0 Å². The Labute approximate surface area is 198 Å².